The van der Waals surface area contributed by atoms with E-state index in [2.05, 4.69) is 15.3 Å². The molecule has 0 bridgehead atoms. The van der Waals surface area contributed by atoms with Crippen LogP contribution in [0.4, 0.5) is 5.69 Å². The van der Waals surface area contributed by atoms with Gasteiger partial charge in [0, 0.05) is 30.3 Å². The lowest BCUT2D eigenvalue weighted by molar-refractivity contribution is -0.115. The largest absolute Gasteiger partial charge is 0.494 e. The van der Waals surface area contributed by atoms with Crippen molar-refractivity contribution < 1.29 is 9.53 Å². The number of nitrogens with zero attached hydrogens (tertiary/aromatic N) is 2. The van der Waals surface area contributed by atoms with E-state index in [1.807, 2.05) is 31.2 Å². The zero-order chi connectivity index (χ0) is 14.9. The maximum atomic E-state index is 11.8. The normalized spacial score (nSPS) is 10.1. The van der Waals surface area contributed by atoms with Crippen molar-refractivity contribution in [3.63, 3.8) is 0 Å². The number of aromatic nitrogens is 2. The van der Waals surface area contributed by atoms with Gasteiger partial charge in [0.15, 0.2) is 5.16 Å². The summed E-state index contributed by atoms with van der Waals surface area (Å²) in [6.45, 7) is 2.56. The van der Waals surface area contributed by atoms with E-state index < -0.39 is 0 Å². The van der Waals surface area contributed by atoms with Crippen molar-refractivity contribution in [3.05, 3.63) is 42.7 Å². The van der Waals surface area contributed by atoms with Gasteiger partial charge in [-0.2, -0.15) is 0 Å². The molecule has 0 fully saturated rings. The Bertz CT molecular complexity index is 561. The van der Waals surface area contributed by atoms with E-state index >= 15 is 0 Å². The van der Waals surface area contributed by atoms with Crippen LogP contribution in [-0.2, 0) is 4.79 Å². The van der Waals surface area contributed by atoms with Gasteiger partial charge in [-0.3, -0.25) is 4.79 Å². The van der Waals surface area contributed by atoms with Crippen LogP contribution in [0.3, 0.4) is 0 Å². The van der Waals surface area contributed by atoms with Gasteiger partial charge in [0.2, 0.25) is 5.91 Å². The van der Waals surface area contributed by atoms with Crippen LogP contribution >= 0.6 is 11.8 Å². The monoisotopic (exact) mass is 303 g/mol. The second-order valence-electron chi connectivity index (χ2n) is 4.14. The number of thioether (sulfide) groups is 1. The summed E-state index contributed by atoms with van der Waals surface area (Å²) in [6.07, 6.45) is 3.79. The molecule has 1 amide bonds. The molecule has 0 aliphatic heterocycles. The molecule has 0 spiro atoms. The van der Waals surface area contributed by atoms with Crippen LogP contribution in [0.2, 0.25) is 0 Å². The first-order valence-corrected chi connectivity index (χ1v) is 7.69. The number of hydrogen-bond donors (Lipinski definition) is 1. The highest BCUT2D eigenvalue weighted by Crippen LogP contribution is 2.17. The standard InChI is InChI=1S/C15H17N3O2S/c1-2-20-13-6-4-12(5-7-13)18-14(19)8-11-21-15-16-9-3-10-17-15/h3-7,9-10H,2,8,11H2,1H3,(H,18,19). The summed E-state index contributed by atoms with van der Waals surface area (Å²) in [5, 5.41) is 3.54. The second kappa shape index (κ2) is 8.26. The van der Waals surface area contributed by atoms with E-state index in [-0.39, 0.29) is 5.91 Å². The minimum absolute atomic E-state index is 0.0254. The summed E-state index contributed by atoms with van der Waals surface area (Å²) >= 11 is 1.47. The molecule has 2 aromatic rings. The fourth-order valence-corrected chi connectivity index (χ4v) is 2.36. The molecule has 6 heteroatoms. The Kier molecular flexibility index (Phi) is 6.02. The zero-order valence-corrected chi connectivity index (χ0v) is 12.6. The summed E-state index contributed by atoms with van der Waals surface area (Å²) < 4.78 is 5.35. The van der Waals surface area contributed by atoms with E-state index in [9.17, 15) is 4.79 Å². The number of nitrogens with one attached hydrogen (secondary N) is 1. The number of carbonyl (C=O) groups is 1. The third kappa shape index (κ3) is 5.43. The molecule has 110 valence electrons. The minimum Gasteiger partial charge on any atom is -0.494 e. The Morgan fingerprint density at radius 2 is 1.95 bits per heavy atom. The lowest BCUT2D eigenvalue weighted by atomic mass is 10.3. The summed E-state index contributed by atoms with van der Waals surface area (Å²) in [7, 11) is 0. The third-order valence-electron chi connectivity index (χ3n) is 2.55. The number of anilines is 1. The van der Waals surface area contributed by atoms with Gasteiger partial charge in [0.25, 0.3) is 0 Å². The highest BCUT2D eigenvalue weighted by Gasteiger charge is 2.04. The number of ether oxygens (including phenoxy) is 1. The molecule has 0 aliphatic carbocycles. The zero-order valence-electron chi connectivity index (χ0n) is 11.8. The first-order chi connectivity index (χ1) is 10.3. The molecule has 0 unspecified atom stereocenters. The predicted molar refractivity (Wildman–Crippen MR) is 83.6 cm³/mol. The van der Waals surface area contributed by atoms with E-state index in [1.54, 1.807) is 18.5 Å². The van der Waals surface area contributed by atoms with Crippen molar-refractivity contribution >= 4 is 23.4 Å². The van der Waals surface area contributed by atoms with Crippen LogP contribution in [0, 0.1) is 0 Å². The smallest absolute Gasteiger partial charge is 0.225 e. The van der Waals surface area contributed by atoms with Gasteiger partial charge in [-0.1, -0.05) is 11.8 Å². The van der Waals surface area contributed by atoms with Crippen LogP contribution in [0.25, 0.3) is 0 Å². The highest BCUT2D eigenvalue weighted by molar-refractivity contribution is 7.99. The number of rotatable bonds is 7. The van der Waals surface area contributed by atoms with Crippen molar-refractivity contribution in [2.45, 2.75) is 18.5 Å². The van der Waals surface area contributed by atoms with Crippen molar-refractivity contribution in [1.82, 2.24) is 9.97 Å². The first kappa shape index (κ1) is 15.3. The topological polar surface area (TPSA) is 64.1 Å². The molecular weight excluding hydrogens is 286 g/mol. The van der Waals surface area contributed by atoms with Crippen LogP contribution in [-0.4, -0.2) is 28.2 Å². The number of carbonyl (C=O) groups excluding carboxylic acids is 1. The van der Waals surface area contributed by atoms with Gasteiger partial charge in [0.1, 0.15) is 5.75 Å². The molecular formula is C15H17N3O2S. The van der Waals surface area contributed by atoms with Crippen LogP contribution < -0.4 is 10.1 Å². The number of benzene rings is 1. The molecule has 0 aliphatic rings. The Morgan fingerprint density at radius 1 is 1.24 bits per heavy atom. The Balaban J connectivity index is 1.74. The molecule has 1 aromatic carbocycles. The third-order valence-corrected chi connectivity index (χ3v) is 3.43. The maximum Gasteiger partial charge on any atom is 0.225 e. The molecule has 1 aromatic heterocycles. The van der Waals surface area contributed by atoms with Gasteiger partial charge in [-0.05, 0) is 37.3 Å². The van der Waals surface area contributed by atoms with Crippen molar-refractivity contribution in [2.24, 2.45) is 0 Å². The van der Waals surface area contributed by atoms with Crippen molar-refractivity contribution in [3.8, 4) is 5.75 Å². The van der Waals surface area contributed by atoms with E-state index in [0.717, 1.165) is 11.4 Å². The van der Waals surface area contributed by atoms with E-state index in [4.69, 9.17) is 4.74 Å². The van der Waals surface area contributed by atoms with Gasteiger partial charge in [0.05, 0.1) is 6.61 Å². The van der Waals surface area contributed by atoms with Crippen molar-refractivity contribution in [1.29, 1.82) is 0 Å². The van der Waals surface area contributed by atoms with E-state index in [1.165, 1.54) is 11.8 Å². The van der Waals surface area contributed by atoms with Crippen molar-refractivity contribution in [2.75, 3.05) is 17.7 Å². The average molecular weight is 303 g/mol. The lowest BCUT2D eigenvalue weighted by Gasteiger charge is -2.07. The van der Waals surface area contributed by atoms with Gasteiger partial charge in [-0.25, -0.2) is 9.97 Å². The maximum absolute atomic E-state index is 11.8. The minimum atomic E-state index is -0.0254. The molecule has 0 saturated heterocycles. The Hall–Kier alpha value is -2.08. The lowest BCUT2D eigenvalue weighted by Crippen LogP contribution is -2.12. The average Bonchev–Trinajstić information content (AvgIpc) is 2.51. The molecule has 2 rings (SSSR count). The summed E-state index contributed by atoms with van der Waals surface area (Å²) in [5.41, 5.74) is 0.768. The molecule has 1 N–H and O–H groups in total. The SMILES string of the molecule is CCOc1ccc(NC(=O)CCSc2ncccn2)cc1. The summed E-state index contributed by atoms with van der Waals surface area (Å²) in [5.74, 6) is 1.42. The second-order valence-corrected chi connectivity index (χ2v) is 5.20. The summed E-state index contributed by atoms with van der Waals surface area (Å²) in [4.78, 5) is 20.0. The quantitative estimate of drug-likeness (QED) is 0.629. The van der Waals surface area contributed by atoms with Crippen LogP contribution in [0.15, 0.2) is 47.9 Å². The highest BCUT2D eigenvalue weighted by atomic mass is 32.2. The number of hydrogen-bond acceptors (Lipinski definition) is 5. The Morgan fingerprint density at radius 3 is 2.62 bits per heavy atom. The fraction of sp³-hybridized carbons (Fsp3) is 0.267. The van der Waals surface area contributed by atoms with Gasteiger partial charge >= 0.3 is 0 Å². The van der Waals surface area contributed by atoms with Gasteiger partial charge in [-0.15, -0.1) is 0 Å². The van der Waals surface area contributed by atoms with Crippen LogP contribution in [0.5, 0.6) is 5.75 Å². The Labute approximate surface area is 128 Å². The predicted octanol–water partition coefficient (Wildman–Crippen LogP) is 3.00. The molecule has 0 atom stereocenters. The first-order valence-electron chi connectivity index (χ1n) is 6.70. The molecule has 0 saturated carbocycles. The molecule has 1 heterocycles. The molecule has 0 radical (unpaired) electrons. The fourth-order valence-electron chi connectivity index (χ4n) is 1.62. The van der Waals surface area contributed by atoms with Gasteiger partial charge < -0.3 is 10.1 Å². The molecule has 5 nitrogen and oxygen atoms in total. The molecule has 21 heavy (non-hydrogen) atoms. The summed E-state index contributed by atoms with van der Waals surface area (Å²) in [6, 6.07) is 9.10. The van der Waals surface area contributed by atoms with E-state index in [0.29, 0.717) is 23.9 Å². The van der Waals surface area contributed by atoms with Crippen LogP contribution in [0.1, 0.15) is 13.3 Å². The number of amides is 1.